The predicted octanol–water partition coefficient (Wildman–Crippen LogP) is 7.49. The van der Waals surface area contributed by atoms with Crippen molar-refractivity contribution in [1.82, 2.24) is 9.78 Å². The van der Waals surface area contributed by atoms with Crippen molar-refractivity contribution in [2.24, 2.45) is 5.10 Å². The van der Waals surface area contributed by atoms with E-state index in [0.29, 0.717) is 41.1 Å². The summed E-state index contributed by atoms with van der Waals surface area (Å²) in [6.45, 7) is 1.62. The molecular formula is C23H15ClF8N4. The van der Waals surface area contributed by atoms with E-state index in [1.165, 1.54) is 17.0 Å². The van der Waals surface area contributed by atoms with Crippen LogP contribution in [0.15, 0.2) is 47.1 Å². The van der Waals surface area contributed by atoms with E-state index in [9.17, 15) is 35.1 Å². The second kappa shape index (κ2) is 9.23. The molecule has 36 heavy (non-hydrogen) atoms. The Bertz CT molecular complexity index is 1350. The SMILES string of the molecule is Cc1nn(-c2ccc(F)cc2F)c2c1C(Cl)=C(/C=N/Nc1cc(C(F)(F)F)cc(C(F)(F)F)c1)CC2. The number of hydrogen-bond acceptors (Lipinski definition) is 3. The van der Waals surface area contributed by atoms with Gasteiger partial charge in [0.05, 0.1) is 39.4 Å². The Morgan fingerprint density at radius 2 is 1.61 bits per heavy atom. The fraction of sp³-hybridized carbons (Fsp3) is 0.217. The molecule has 1 N–H and O–H groups in total. The number of allylic oxidation sites excluding steroid dienone is 1. The van der Waals surface area contributed by atoms with Crippen molar-refractivity contribution in [2.45, 2.75) is 32.1 Å². The van der Waals surface area contributed by atoms with E-state index in [1.54, 1.807) is 6.92 Å². The normalized spacial score (nSPS) is 14.5. The average Bonchev–Trinajstić information content (AvgIpc) is 3.10. The monoisotopic (exact) mass is 534 g/mol. The third-order valence-electron chi connectivity index (χ3n) is 5.43. The van der Waals surface area contributed by atoms with Crippen LogP contribution in [0.25, 0.3) is 10.7 Å². The molecular weight excluding hydrogens is 520 g/mol. The van der Waals surface area contributed by atoms with Crippen LogP contribution in [0, 0.1) is 18.6 Å². The van der Waals surface area contributed by atoms with Crippen LogP contribution >= 0.6 is 11.6 Å². The summed E-state index contributed by atoms with van der Waals surface area (Å²) in [5, 5.41) is 8.25. The Morgan fingerprint density at radius 3 is 2.19 bits per heavy atom. The van der Waals surface area contributed by atoms with Crippen molar-refractivity contribution < 1.29 is 35.1 Å². The molecule has 1 aliphatic carbocycles. The number of rotatable bonds is 4. The summed E-state index contributed by atoms with van der Waals surface area (Å²) in [6, 6.07) is 4.08. The minimum Gasteiger partial charge on any atom is -0.278 e. The van der Waals surface area contributed by atoms with Gasteiger partial charge < -0.3 is 0 Å². The van der Waals surface area contributed by atoms with Crippen molar-refractivity contribution in [3.63, 3.8) is 0 Å². The largest absolute Gasteiger partial charge is 0.416 e. The molecule has 1 heterocycles. The molecule has 3 aromatic rings. The molecule has 0 atom stereocenters. The molecule has 0 saturated carbocycles. The first-order valence-electron chi connectivity index (χ1n) is 10.3. The smallest absolute Gasteiger partial charge is 0.278 e. The second-order valence-electron chi connectivity index (χ2n) is 7.92. The molecule has 0 spiro atoms. The molecule has 0 saturated heterocycles. The lowest BCUT2D eigenvalue weighted by Gasteiger charge is -2.17. The van der Waals surface area contributed by atoms with Gasteiger partial charge >= 0.3 is 12.4 Å². The first-order valence-corrected chi connectivity index (χ1v) is 10.6. The van der Waals surface area contributed by atoms with E-state index >= 15 is 0 Å². The number of anilines is 1. The van der Waals surface area contributed by atoms with Crippen molar-refractivity contribution in [1.29, 1.82) is 0 Å². The number of aryl methyl sites for hydroxylation is 1. The molecule has 2 aromatic carbocycles. The van der Waals surface area contributed by atoms with E-state index < -0.39 is 40.8 Å². The number of hydrogen-bond donors (Lipinski definition) is 1. The Morgan fingerprint density at radius 1 is 0.972 bits per heavy atom. The lowest BCUT2D eigenvalue weighted by molar-refractivity contribution is -0.143. The number of halogens is 9. The van der Waals surface area contributed by atoms with Gasteiger partial charge in [-0.15, -0.1) is 0 Å². The van der Waals surface area contributed by atoms with Crippen molar-refractivity contribution >= 4 is 28.5 Å². The van der Waals surface area contributed by atoms with Gasteiger partial charge in [0.15, 0.2) is 5.82 Å². The highest BCUT2D eigenvalue weighted by Gasteiger charge is 2.37. The molecule has 0 amide bonds. The maximum absolute atomic E-state index is 14.3. The number of hydrazone groups is 1. The van der Waals surface area contributed by atoms with Crippen LogP contribution < -0.4 is 5.43 Å². The lowest BCUT2D eigenvalue weighted by Crippen LogP contribution is -2.12. The Kier molecular flexibility index (Phi) is 6.58. The van der Waals surface area contributed by atoms with E-state index in [2.05, 4.69) is 15.6 Å². The molecule has 4 rings (SSSR count). The maximum atomic E-state index is 14.3. The maximum Gasteiger partial charge on any atom is 0.416 e. The van der Waals surface area contributed by atoms with Crippen molar-refractivity contribution in [3.8, 4) is 5.69 Å². The van der Waals surface area contributed by atoms with Gasteiger partial charge in [-0.1, -0.05) is 11.6 Å². The van der Waals surface area contributed by atoms with E-state index in [4.69, 9.17) is 11.6 Å². The lowest BCUT2D eigenvalue weighted by atomic mass is 9.96. The number of benzene rings is 2. The first-order chi connectivity index (χ1) is 16.8. The van der Waals surface area contributed by atoms with Gasteiger partial charge in [-0.25, -0.2) is 13.5 Å². The molecule has 0 aliphatic heterocycles. The van der Waals surface area contributed by atoms with Crippen LogP contribution in [0.2, 0.25) is 0 Å². The third-order valence-corrected chi connectivity index (χ3v) is 5.86. The Hall–Kier alpha value is -3.41. The van der Waals surface area contributed by atoms with Gasteiger partial charge in [0.25, 0.3) is 0 Å². The van der Waals surface area contributed by atoms with Gasteiger partial charge in [-0.2, -0.15) is 36.5 Å². The van der Waals surface area contributed by atoms with Crippen LogP contribution in [0.5, 0.6) is 0 Å². The molecule has 1 aromatic heterocycles. The van der Waals surface area contributed by atoms with Gasteiger partial charge in [-0.3, -0.25) is 5.43 Å². The zero-order valence-corrected chi connectivity index (χ0v) is 19.0. The summed E-state index contributed by atoms with van der Waals surface area (Å²) in [4.78, 5) is 0. The van der Waals surface area contributed by atoms with Crippen molar-refractivity contribution in [2.75, 3.05) is 5.43 Å². The third kappa shape index (κ3) is 5.08. The van der Waals surface area contributed by atoms with Crippen LogP contribution in [0.4, 0.5) is 40.8 Å². The molecule has 0 unspecified atom stereocenters. The highest BCUT2D eigenvalue weighted by molar-refractivity contribution is 6.51. The number of aromatic nitrogens is 2. The van der Waals surface area contributed by atoms with Gasteiger partial charge in [0.2, 0.25) is 0 Å². The molecule has 0 radical (unpaired) electrons. The molecule has 1 aliphatic rings. The minimum absolute atomic E-state index is 0.0152. The van der Waals surface area contributed by atoms with E-state index in [1.807, 2.05) is 0 Å². The fourth-order valence-corrected chi connectivity index (χ4v) is 4.18. The summed E-state index contributed by atoms with van der Waals surface area (Å²) in [5.74, 6) is -1.57. The number of fused-ring (bicyclic) bond motifs is 1. The molecule has 0 bridgehead atoms. The standard InChI is InChI=1S/C23H15ClF8N4/c1-11-20-19(36(35-11)18-5-3-15(25)9-17(18)26)4-2-12(21(20)24)10-33-34-16-7-13(22(27,28)29)6-14(8-16)23(30,31)32/h3,5-10,34H,2,4H2,1H3/b33-10+. The Labute approximate surface area is 203 Å². The summed E-state index contributed by atoms with van der Waals surface area (Å²) in [6.07, 6.45) is -8.22. The van der Waals surface area contributed by atoms with Gasteiger partial charge in [0.1, 0.15) is 11.5 Å². The molecule has 4 nitrogen and oxygen atoms in total. The summed E-state index contributed by atoms with van der Waals surface area (Å²) in [5.41, 5.74) is 0.637. The van der Waals surface area contributed by atoms with Crippen LogP contribution in [-0.2, 0) is 18.8 Å². The highest BCUT2D eigenvalue weighted by atomic mass is 35.5. The predicted molar refractivity (Wildman–Crippen MR) is 118 cm³/mol. The Balaban J connectivity index is 1.64. The zero-order valence-electron chi connectivity index (χ0n) is 18.2. The number of nitrogens with zero attached hydrogens (tertiary/aromatic N) is 3. The van der Waals surface area contributed by atoms with E-state index in [-0.39, 0.29) is 23.2 Å². The topological polar surface area (TPSA) is 42.2 Å². The highest BCUT2D eigenvalue weighted by Crippen LogP contribution is 2.39. The molecule has 190 valence electrons. The molecule has 0 fully saturated rings. The van der Waals surface area contributed by atoms with Crippen molar-refractivity contribution in [3.05, 3.63) is 81.7 Å². The van der Waals surface area contributed by atoms with Crippen LogP contribution in [0.3, 0.4) is 0 Å². The fourth-order valence-electron chi connectivity index (χ4n) is 3.79. The molecule has 13 heteroatoms. The number of alkyl halides is 6. The van der Waals surface area contributed by atoms with Gasteiger partial charge in [-0.05, 0) is 55.7 Å². The second-order valence-corrected chi connectivity index (χ2v) is 8.30. The quantitative estimate of drug-likeness (QED) is 0.214. The summed E-state index contributed by atoms with van der Waals surface area (Å²) < 4.78 is 107. The van der Waals surface area contributed by atoms with Gasteiger partial charge in [0, 0.05) is 11.6 Å². The first kappa shape index (κ1) is 25.7. The summed E-state index contributed by atoms with van der Waals surface area (Å²) in [7, 11) is 0. The van der Waals surface area contributed by atoms with E-state index in [0.717, 1.165) is 12.1 Å². The zero-order chi connectivity index (χ0) is 26.4. The van der Waals surface area contributed by atoms with Crippen LogP contribution in [0.1, 0.15) is 34.5 Å². The number of nitrogens with one attached hydrogen (secondary N) is 1. The summed E-state index contributed by atoms with van der Waals surface area (Å²) >= 11 is 6.49. The minimum atomic E-state index is -4.99. The average molecular weight is 535 g/mol. The van der Waals surface area contributed by atoms with Crippen LogP contribution in [-0.4, -0.2) is 16.0 Å².